The van der Waals surface area contributed by atoms with Gasteiger partial charge in [0.25, 0.3) is 0 Å². The minimum atomic E-state index is -4.92. The maximum absolute atomic E-state index is 15.7. The molecule has 0 saturated carbocycles. The van der Waals surface area contributed by atoms with Crippen molar-refractivity contribution in [1.29, 1.82) is 0 Å². The smallest absolute Gasteiger partial charge is 0.657 e. The van der Waals surface area contributed by atoms with Crippen LogP contribution in [-0.4, -0.2) is 15.3 Å². The van der Waals surface area contributed by atoms with Gasteiger partial charge < -0.3 is 9.97 Å². The number of hydrogen-bond acceptors (Lipinski definition) is 2. The molecule has 8 bridgehead atoms. The average Bonchev–Trinajstić information content (AvgIpc) is 3.80. The van der Waals surface area contributed by atoms with Crippen molar-refractivity contribution in [2.45, 2.75) is 11.3 Å². The number of aromatic nitrogens is 4. The van der Waals surface area contributed by atoms with E-state index in [9.17, 15) is 8.78 Å². The van der Waals surface area contributed by atoms with Gasteiger partial charge in [0.1, 0.15) is 0 Å². The summed E-state index contributed by atoms with van der Waals surface area (Å²) in [6.45, 7) is 0. The minimum Gasteiger partial charge on any atom is -0.657 e. The number of alkyl halides is 5. The molecule has 45 heavy (non-hydrogen) atoms. The van der Waals surface area contributed by atoms with Gasteiger partial charge in [-0.3, -0.25) is 0 Å². The van der Waals surface area contributed by atoms with E-state index in [-0.39, 0.29) is 41.9 Å². The number of benzene rings is 2. The summed E-state index contributed by atoms with van der Waals surface area (Å²) >= 11 is 7.24. The second kappa shape index (κ2) is 12.0. The van der Waals surface area contributed by atoms with Gasteiger partial charge in [-0.2, -0.15) is 17.6 Å². The maximum atomic E-state index is 15.7. The van der Waals surface area contributed by atoms with Crippen molar-refractivity contribution in [2.24, 2.45) is 0 Å². The van der Waals surface area contributed by atoms with Gasteiger partial charge >= 0.3 is 30.8 Å². The topological polar surface area (TPSA) is 54.0 Å². The molecule has 0 fully saturated rings. The first-order valence-electron chi connectivity index (χ1n) is 13.4. The van der Waals surface area contributed by atoms with Gasteiger partial charge in [0.2, 0.25) is 0 Å². The van der Waals surface area contributed by atoms with Crippen LogP contribution in [0.25, 0.3) is 66.1 Å². The fourth-order valence-electron chi connectivity index (χ4n) is 5.32. The molecule has 11 heteroatoms. The summed E-state index contributed by atoms with van der Waals surface area (Å²) in [6.07, 6.45) is 4.65. The van der Waals surface area contributed by atoms with Crippen molar-refractivity contribution in [1.82, 2.24) is 19.9 Å². The van der Waals surface area contributed by atoms with E-state index in [1.807, 2.05) is 78.9 Å². The van der Waals surface area contributed by atoms with Crippen LogP contribution in [0.5, 0.6) is 0 Å². The Labute approximate surface area is 286 Å². The zero-order chi connectivity index (χ0) is 30.6. The molecule has 0 radical (unpaired) electrons. The van der Waals surface area contributed by atoms with Crippen molar-refractivity contribution < 1.29 is 37.0 Å². The van der Waals surface area contributed by atoms with Crippen LogP contribution >= 0.6 is 34.2 Å². The van der Waals surface area contributed by atoms with Crippen molar-refractivity contribution in [2.75, 3.05) is 0 Å². The van der Waals surface area contributed by atoms with Crippen molar-refractivity contribution in [3.8, 4) is 22.3 Å². The summed E-state index contributed by atoms with van der Waals surface area (Å²) < 4.78 is 61.0. The quantitative estimate of drug-likeness (QED) is 0.0773. The normalized spacial score (nSPS) is 13.0. The molecule has 3 aromatic heterocycles. The van der Waals surface area contributed by atoms with Gasteiger partial charge in [-0.15, -0.1) is 22.1 Å². The number of halogens is 6. The van der Waals surface area contributed by atoms with Gasteiger partial charge in [0, 0.05) is 9.14 Å². The van der Waals surface area contributed by atoms with Crippen LogP contribution in [0.1, 0.15) is 28.3 Å². The molecule has 0 saturated heterocycles. The van der Waals surface area contributed by atoms with Crippen LogP contribution in [0, 0.1) is 0 Å². The molecule has 7 rings (SSSR count). The van der Waals surface area contributed by atoms with E-state index in [0.29, 0.717) is 33.5 Å². The summed E-state index contributed by atoms with van der Waals surface area (Å²) in [5.74, 6) is -4.82. The molecule has 0 spiro atoms. The van der Waals surface area contributed by atoms with Crippen molar-refractivity contribution in [3.63, 3.8) is 0 Å². The van der Waals surface area contributed by atoms with Gasteiger partial charge in [0.05, 0.1) is 22.8 Å². The number of rotatable bonds is 4. The molecular weight excluding hydrogens is 768 g/mol. The van der Waals surface area contributed by atoms with Crippen LogP contribution in [0.4, 0.5) is 17.6 Å². The minimum absolute atomic E-state index is 0. The summed E-state index contributed by atoms with van der Waals surface area (Å²) in [6, 6.07) is 26.7. The first-order chi connectivity index (χ1) is 21.1. The predicted octanol–water partition coefficient (Wildman–Crippen LogP) is 9.93. The predicted molar refractivity (Wildman–Crippen MR) is 175 cm³/mol. The van der Waals surface area contributed by atoms with E-state index in [0.717, 1.165) is 14.7 Å². The third-order valence-corrected chi connectivity index (χ3v) is 8.41. The molecule has 0 unspecified atom stereocenters. The van der Waals surface area contributed by atoms with E-state index in [1.54, 1.807) is 6.07 Å². The summed E-state index contributed by atoms with van der Waals surface area (Å²) in [5.41, 5.74) is 3.62. The molecule has 2 aliphatic heterocycles. The first-order valence-corrected chi connectivity index (χ1v) is 14.8. The standard InChI is InChI=1S/C34H18ClF4IN4.Zn/c35-34(38,39)33(36,37)32-26-15-13-24(42-26)30(19-7-3-1-4-8-19)23-12-11-21(41-23)17-28-22(40)18-29(44-28)31(20-9-5-2-6-10-20)25-14-16-27(32)43-25;/h1-18H;/q-2;+2. The van der Waals surface area contributed by atoms with Gasteiger partial charge in [-0.1, -0.05) is 91.0 Å². The zero-order valence-corrected chi connectivity index (χ0v) is 29.0. The van der Waals surface area contributed by atoms with E-state index < -0.39 is 16.9 Å². The molecule has 2 aromatic carbocycles. The van der Waals surface area contributed by atoms with Crippen LogP contribution < -0.4 is 9.97 Å². The third-order valence-electron chi connectivity index (χ3n) is 7.31. The Morgan fingerprint density at radius 3 is 1.84 bits per heavy atom. The second-order valence-electron chi connectivity index (χ2n) is 10.1. The molecule has 218 valence electrons. The van der Waals surface area contributed by atoms with E-state index in [2.05, 4.69) is 32.6 Å². The second-order valence-corrected chi connectivity index (χ2v) is 11.8. The van der Waals surface area contributed by atoms with Crippen LogP contribution in [0.15, 0.2) is 91.0 Å². The fraction of sp³-hybridized carbons (Fsp3) is 0.0588. The van der Waals surface area contributed by atoms with Gasteiger partial charge in [-0.25, -0.2) is 9.97 Å². The molecule has 4 nitrogen and oxygen atoms in total. The molecule has 0 atom stereocenters. The van der Waals surface area contributed by atoms with E-state index >= 15 is 8.78 Å². The summed E-state index contributed by atoms with van der Waals surface area (Å²) in [5, 5.41) is -4.92. The molecule has 0 aliphatic carbocycles. The maximum Gasteiger partial charge on any atom is 2.00 e. The monoisotopic (exact) mass is 784 g/mol. The number of hydrogen-bond donors (Lipinski definition) is 0. The average molecular weight is 786 g/mol. The van der Waals surface area contributed by atoms with Gasteiger partial charge in [-0.05, 0) is 74.7 Å². The molecule has 0 amide bonds. The van der Waals surface area contributed by atoms with E-state index in [1.165, 1.54) is 24.3 Å². The van der Waals surface area contributed by atoms with Gasteiger partial charge in [0.15, 0.2) is 0 Å². The molecule has 5 heterocycles. The molecule has 0 N–H and O–H groups in total. The SMILES string of the molecule is FC(F)(Cl)C(F)(F)c1c2nc(c(-c3ccccc3)c3ccc(cc4nc(c(-c5ccccc5)c5ccc1[n-]5)C=C4I)[n-]3)C=C2.[Zn+2]. The first kappa shape index (κ1) is 31.4. The Balaban J connectivity index is 0.00000357. The number of nitrogens with zero attached hydrogens (tertiary/aromatic N) is 4. The molecule has 2 aliphatic rings. The molecule has 5 aromatic rings. The Morgan fingerprint density at radius 1 is 0.644 bits per heavy atom. The van der Waals surface area contributed by atoms with Crippen LogP contribution in [0.2, 0.25) is 0 Å². The van der Waals surface area contributed by atoms with E-state index in [4.69, 9.17) is 21.6 Å². The van der Waals surface area contributed by atoms with Crippen LogP contribution in [-0.2, 0) is 25.4 Å². The fourth-order valence-corrected chi connectivity index (χ4v) is 5.98. The largest absolute Gasteiger partial charge is 2.00 e. The Hall–Kier alpha value is -3.60. The summed E-state index contributed by atoms with van der Waals surface area (Å²) in [7, 11) is 0. The summed E-state index contributed by atoms with van der Waals surface area (Å²) in [4.78, 5) is 18.6. The third kappa shape index (κ3) is 5.68. The zero-order valence-electron chi connectivity index (χ0n) is 23.2. The van der Waals surface area contributed by atoms with Crippen molar-refractivity contribution in [3.05, 3.63) is 119 Å². The Kier molecular flexibility index (Phi) is 8.35. The number of fused-ring (bicyclic) bond motifs is 8. The Bertz CT molecular complexity index is 2150. The van der Waals surface area contributed by atoms with Crippen molar-refractivity contribution >= 4 is 78.1 Å². The molecular formula is C34H18ClF4IN4Zn. The Morgan fingerprint density at radius 2 is 1.20 bits per heavy atom. The van der Waals surface area contributed by atoms with Crippen LogP contribution in [0.3, 0.4) is 0 Å².